The summed E-state index contributed by atoms with van der Waals surface area (Å²) in [5.74, 6) is 2.34. The van der Waals surface area contributed by atoms with E-state index < -0.39 is 0 Å². The van der Waals surface area contributed by atoms with Crippen LogP contribution in [0, 0.1) is 5.92 Å². The van der Waals surface area contributed by atoms with Gasteiger partial charge in [-0.25, -0.2) is 0 Å². The number of hydrogen-bond acceptors (Lipinski definition) is 4. The van der Waals surface area contributed by atoms with Gasteiger partial charge in [0.25, 0.3) is 0 Å². The SMILES string of the molecule is Cl.OCCCC[C@H]1C[C@@H]1c1cncc(OC[C@@H]2CCN2)c1. The van der Waals surface area contributed by atoms with Gasteiger partial charge in [-0.15, -0.1) is 12.4 Å². The second kappa shape index (κ2) is 7.97. The zero-order valence-electron chi connectivity index (χ0n) is 12.3. The molecule has 3 atom stereocenters. The average molecular weight is 313 g/mol. The van der Waals surface area contributed by atoms with Crippen LogP contribution in [-0.4, -0.2) is 35.9 Å². The number of aliphatic hydroxyl groups is 1. The second-order valence-electron chi connectivity index (χ2n) is 6.03. The summed E-state index contributed by atoms with van der Waals surface area (Å²) in [7, 11) is 0. The molecule has 1 saturated carbocycles. The van der Waals surface area contributed by atoms with Gasteiger partial charge in [0.2, 0.25) is 0 Å². The zero-order valence-corrected chi connectivity index (χ0v) is 13.1. The summed E-state index contributed by atoms with van der Waals surface area (Å²) in [5, 5.41) is 12.2. The molecule has 0 spiro atoms. The highest BCUT2D eigenvalue weighted by atomic mass is 35.5. The minimum Gasteiger partial charge on any atom is -0.490 e. The molecule has 2 heterocycles. The fourth-order valence-corrected chi connectivity index (χ4v) is 2.90. The second-order valence-corrected chi connectivity index (χ2v) is 6.03. The van der Waals surface area contributed by atoms with Crippen LogP contribution in [0.3, 0.4) is 0 Å². The summed E-state index contributed by atoms with van der Waals surface area (Å²) >= 11 is 0. The van der Waals surface area contributed by atoms with E-state index in [9.17, 15) is 0 Å². The number of unbranched alkanes of at least 4 members (excludes halogenated alkanes) is 1. The molecule has 0 unspecified atom stereocenters. The highest BCUT2D eigenvalue weighted by molar-refractivity contribution is 5.85. The molecule has 21 heavy (non-hydrogen) atoms. The number of rotatable bonds is 8. The molecule has 1 aromatic rings. The Morgan fingerprint density at radius 2 is 2.19 bits per heavy atom. The number of nitrogens with zero attached hydrogens (tertiary/aromatic N) is 1. The van der Waals surface area contributed by atoms with Crippen molar-refractivity contribution in [3.05, 3.63) is 24.0 Å². The van der Waals surface area contributed by atoms with E-state index in [0.29, 0.717) is 18.6 Å². The molecule has 1 aliphatic carbocycles. The topological polar surface area (TPSA) is 54.4 Å². The van der Waals surface area contributed by atoms with Crippen molar-refractivity contribution in [2.45, 2.75) is 44.1 Å². The first-order valence-electron chi connectivity index (χ1n) is 7.79. The lowest BCUT2D eigenvalue weighted by atomic mass is 10.1. The Hall–Kier alpha value is -0.840. The third-order valence-electron chi connectivity index (χ3n) is 4.45. The maximum absolute atomic E-state index is 8.82. The first-order chi connectivity index (χ1) is 9.86. The lowest BCUT2D eigenvalue weighted by Crippen LogP contribution is -2.46. The molecule has 2 aliphatic rings. The van der Waals surface area contributed by atoms with Gasteiger partial charge < -0.3 is 15.2 Å². The number of aromatic nitrogens is 1. The molecule has 2 fully saturated rings. The van der Waals surface area contributed by atoms with E-state index in [4.69, 9.17) is 9.84 Å². The van der Waals surface area contributed by atoms with E-state index >= 15 is 0 Å². The fraction of sp³-hybridized carbons (Fsp3) is 0.688. The largest absolute Gasteiger partial charge is 0.490 e. The van der Waals surface area contributed by atoms with Crippen LogP contribution in [0.4, 0.5) is 0 Å². The van der Waals surface area contributed by atoms with Gasteiger partial charge in [-0.1, -0.05) is 6.42 Å². The summed E-state index contributed by atoms with van der Waals surface area (Å²) < 4.78 is 5.80. The van der Waals surface area contributed by atoms with Crippen molar-refractivity contribution in [1.82, 2.24) is 10.3 Å². The maximum Gasteiger partial charge on any atom is 0.137 e. The van der Waals surface area contributed by atoms with Crippen LogP contribution in [0.15, 0.2) is 18.5 Å². The van der Waals surface area contributed by atoms with Crippen LogP contribution < -0.4 is 10.1 Å². The molecule has 1 aliphatic heterocycles. The molecule has 0 bridgehead atoms. The van der Waals surface area contributed by atoms with Crippen LogP contribution >= 0.6 is 12.4 Å². The summed E-state index contributed by atoms with van der Waals surface area (Å²) in [6.45, 7) is 2.18. The van der Waals surface area contributed by atoms with Crippen molar-refractivity contribution in [2.24, 2.45) is 5.92 Å². The Balaban J connectivity index is 0.00000161. The molecule has 4 nitrogen and oxygen atoms in total. The molecular weight excluding hydrogens is 288 g/mol. The van der Waals surface area contributed by atoms with E-state index in [1.807, 2.05) is 12.4 Å². The molecule has 5 heteroatoms. The molecule has 1 aromatic heterocycles. The maximum atomic E-state index is 8.82. The Morgan fingerprint density at radius 3 is 2.90 bits per heavy atom. The van der Waals surface area contributed by atoms with Gasteiger partial charge in [-0.2, -0.15) is 0 Å². The molecule has 0 amide bonds. The normalized spacial score (nSPS) is 26.6. The zero-order chi connectivity index (χ0) is 13.8. The molecular formula is C16H25ClN2O2. The lowest BCUT2D eigenvalue weighted by Gasteiger charge is -2.27. The predicted octanol–water partition coefficient (Wildman–Crippen LogP) is 2.51. The van der Waals surface area contributed by atoms with Crippen molar-refractivity contribution < 1.29 is 9.84 Å². The van der Waals surface area contributed by atoms with Gasteiger partial charge >= 0.3 is 0 Å². The number of aliphatic hydroxyl groups excluding tert-OH is 1. The van der Waals surface area contributed by atoms with Crippen LogP contribution in [0.1, 0.15) is 43.6 Å². The predicted molar refractivity (Wildman–Crippen MR) is 85.2 cm³/mol. The van der Waals surface area contributed by atoms with Crippen LogP contribution in [0.5, 0.6) is 5.75 Å². The van der Waals surface area contributed by atoms with Gasteiger partial charge in [-0.3, -0.25) is 4.98 Å². The standard InChI is InChI=1S/C16H24N2O2.ClH/c19-6-2-1-3-12-8-16(12)13-7-15(10-17-9-13)20-11-14-4-5-18-14;/h7,9-10,12,14,16,18-19H,1-6,8,11H2;1H/t12-,14-,16-;/m0./s1. The van der Waals surface area contributed by atoms with Crippen LogP contribution in [-0.2, 0) is 0 Å². The monoisotopic (exact) mass is 312 g/mol. The van der Waals surface area contributed by atoms with Gasteiger partial charge in [0.1, 0.15) is 12.4 Å². The van der Waals surface area contributed by atoms with Gasteiger partial charge in [0, 0.05) is 18.8 Å². The number of halogens is 1. The van der Waals surface area contributed by atoms with Crippen molar-refractivity contribution in [3.8, 4) is 5.75 Å². The summed E-state index contributed by atoms with van der Waals surface area (Å²) in [5.41, 5.74) is 1.32. The minimum absolute atomic E-state index is 0. The van der Waals surface area contributed by atoms with Crippen molar-refractivity contribution in [2.75, 3.05) is 19.8 Å². The number of pyridine rings is 1. The summed E-state index contributed by atoms with van der Waals surface area (Å²) in [6.07, 6.45) is 9.55. The number of nitrogens with one attached hydrogen (secondary N) is 1. The van der Waals surface area contributed by atoms with Gasteiger partial charge in [0.15, 0.2) is 0 Å². The number of ether oxygens (including phenoxy) is 1. The van der Waals surface area contributed by atoms with Gasteiger partial charge in [0.05, 0.1) is 6.20 Å². The highest BCUT2D eigenvalue weighted by Gasteiger charge is 2.37. The smallest absolute Gasteiger partial charge is 0.137 e. The molecule has 3 rings (SSSR count). The average Bonchev–Trinajstić information content (AvgIpc) is 3.17. The van der Waals surface area contributed by atoms with E-state index in [2.05, 4.69) is 16.4 Å². The van der Waals surface area contributed by atoms with Crippen molar-refractivity contribution >= 4 is 12.4 Å². The third-order valence-corrected chi connectivity index (χ3v) is 4.45. The van der Waals surface area contributed by atoms with E-state index in [0.717, 1.165) is 37.7 Å². The molecule has 118 valence electrons. The number of hydrogen-bond donors (Lipinski definition) is 2. The first-order valence-corrected chi connectivity index (χ1v) is 7.79. The summed E-state index contributed by atoms with van der Waals surface area (Å²) in [4.78, 5) is 4.31. The Kier molecular flexibility index (Phi) is 6.27. The van der Waals surface area contributed by atoms with E-state index in [-0.39, 0.29) is 12.4 Å². The van der Waals surface area contributed by atoms with Crippen molar-refractivity contribution in [1.29, 1.82) is 0 Å². The molecule has 0 radical (unpaired) electrons. The Bertz CT molecular complexity index is 440. The van der Waals surface area contributed by atoms with Crippen LogP contribution in [0.25, 0.3) is 0 Å². The lowest BCUT2D eigenvalue weighted by molar-refractivity contribution is 0.217. The highest BCUT2D eigenvalue weighted by Crippen LogP contribution is 2.50. The van der Waals surface area contributed by atoms with E-state index in [1.165, 1.54) is 24.8 Å². The fourth-order valence-electron chi connectivity index (χ4n) is 2.90. The third kappa shape index (κ3) is 4.56. The molecule has 0 aromatic carbocycles. The minimum atomic E-state index is 0. The quantitative estimate of drug-likeness (QED) is 0.724. The summed E-state index contributed by atoms with van der Waals surface area (Å²) in [6, 6.07) is 2.67. The van der Waals surface area contributed by atoms with Gasteiger partial charge in [-0.05, 0) is 55.7 Å². The van der Waals surface area contributed by atoms with Crippen molar-refractivity contribution in [3.63, 3.8) is 0 Å². The van der Waals surface area contributed by atoms with E-state index in [1.54, 1.807) is 0 Å². The Labute approximate surface area is 132 Å². The molecule has 2 N–H and O–H groups in total. The molecule has 1 saturated heterocycles. The first kappa shape index (κ1) is 16.5. The van der Waals surface area contributed by atoms with Crippen LogP contribution in [0.2, 0.25) is 0 Å². The Morgan fingerprint density at radius 1 is 1.33 bits per heavy atom.